The van der Waals surface area contributed by atoms with Gasteiger partial charge in [0.1, 0.15) is 17.5 Å². The van der Waals surface area contributed by atoms with Crippen LogP contribution in [0.1, 0.15) is 36.2 Å². The van der Waals surface area contributed by atoms with Gasteiger partial charge in [0.05, 0.1) is 17.6 Å². The molecule has 2 N–H and O–H groups in total. The lowest BCUT2D eigenvalue weighted by atomic mass is 9.95. The van der Waals surface area contributed by atoms with Crippen molar-refractivity contribution >= 4 is 17.8 Å². The Morgan fingerprint density at radius 2 is 2.04 bits per heavy atom. The highest BCUT2D eigenvalue weighted by molar-refractivity contribution is 5.78. The number of nitrogens with zero attached hydrogens (tertiary/aromatic N) is 4. The van der Waals surface area contributed by atoms with Crippen LogP contribution in [0.25, 0.3) is 0 Å². The minimum absolute atomic E-state index is 0.360. The number of aliphatic imine (C=N–C) groups is 1. The van der Waals surface area contributed by atoms with Crippen LogP contribution in [0.5, 0.6) is 0 Å². The van der Waals surface area contributed by atoms with E-state index >= 15 is 0 Å². The summed E-state index contributed by atoms with van der Waals surface area (Å²) in [6.07, 6.45) is 1.60. The van der Waals surface area contributed by atoms with Crippen LogP contribution in [-0.4, -0.2) is 27.9 Å². The molecule has 1 aliphatic heterocycles. The minimum Gasteiger partial charge on any atom is -0.369 e. The number of aliphatic hydroxyl groups is 1. The van der Waals surface area contributed by atoms with E-state index in [0.717, 1.165) is 5.56 Å². The van der Waals surface area contributed by atoms with Gasteiger partial charge in [-0.3, -0.25) is 0 Å². The summed E-state index contributed by atoms with van der Waals surface area (Å²) < 4.78 is 0. The summed E-state index contributed by atoms with van der Waals surface area (Å²) in [6, 6.07) is 12.0. The Bertz CT molecular complexity index is 852. The van der Waals surface area contributed by atoms with E-state index in [0.29, 0.717) is 41.4 Å². The first-order valence-electron chi connectivity index (χ1n) is 8.25. The van der Waals surface area contributed by atoms with E-state index in [-0.39, 0.29) is 0 Å². The molecule has 1 aromatic carbocycles. The second-order valence-electron chi connectivity index (χ2n) is 6.17. The van der Waals surface area contributed by atoms with Gasteiger partial charge < -0.3 is 15.3 Å². The molecule has 6 nitrogen and oxygen atoms in total. The molecule has 2 aromatic rings. The monoisotopic (exact) mass is 335 g/mol. The van der Waals surface area contributed by atoms with Gasteiger partial charge in [-0.15, -0.1) is 0 Å². The highest BCUT2D eigenvalue weighted by atomic mass is 16.3. The van der Waals surface area contributed by atoms with Gasteiger partial charge in [-0.1, -0.05) is 30.3 Å². The average Bonchev–Trinajstić information content (AvgIpc) is 2.58. The van der Waals surface area contributed by atoms with Gasteiger partial charge in [-0.25, -0.2) is 9.98 Å². The summed E-state index contributed by atoms with van der Waals surface area (Å²) in [7, 11) is 0. The maximum absolute atomic E-state index is 11.2. The Kier molecular flexibility index (Phi) is 4.43. The zero-order valence-electron chi connectivity index (χ0n) is 14.6. The van der Waals surface area contributed by atoms with Crippen LogP contribution in [0.4, 0.5) is 11.5 Å². The maximum atomic E-state index is 11.2. The van der Waals surface area contributed by atoms with Gasteiger partial charge in [0, 0.05) is 18.8 Å². The molecule has 0 fully saturated rings. The molecule has 0 saturated heterocycles. The van der Waals surface area contributed by atoms with Crippen molar-refractivity contribution < 1.29 is 5.11 Å². The third-order valence-electron chi connectivity index (χ3n) is 4.36. The maximum Gasteiger partial charge on any atom is 0.166 e. The molecular formula is C19H21N5O. The van der Waals surface area contributed by atoms with E-state index < -0.39 is 5.72 Å². The Morgan fingerprint density at radius 1 is 1.32 bits per heavy atom. The molecule has 0 radical (unpaired) electrons. The molecule has 1 aromatic heterocycles. The Morgan fingerprint density at radius 3 is 2.68 bits per heavy atom. The lowest BCUT2D eigenvalue weighted by Crippen LogP contribution is -2.45. The zero-order chi connectivity index (χ0) is 18.0. The number of pyridine rings is 1. The zero-order valence-corrected chi connectivity index (χ0v) is 14.6. The van der Waals surface area contributed by atoms with E-state index in [2.05, 4.69) is 21.4 Å². The van der Waals surface area contributed by atoms with E-state index in [1.165, 1.54) is 0 Å². The Hall–Kier alpha value is -2.91. The number of nitrogens with one attached hydrogen (secondary N) is 1. The van der Waals surface area contributed by atoms with Crippen molar-refractivity contribution in [3.63, 3.8) is 0 Å². The predicted molar refractivity (Wildman–Crippen MR) is 97.6 cm³/mol. The van der Waals surface area contributed by atoms with E-state index in [1.54, 1.807) is 18.2 Å². The molecule has 128 valence electrons. The van der Waals surface area contributed by atoms with Crippen molar-refractivity contribution in [2.45, 2.75) is 33.0 Å². The van der Waals surface area contributed by atoms with E-state index in [4.69, 9.17) is 0 Å². The molecule has 1 atom stereocenters. The molecule has 2 heterocycles. The fraction of sp³-hybridized carbons (Fsp3) is 0.316. The van der Waals surface area contributed by atoms with Crippen LogP contribution in [0, 0.1) is 18.3 Å². The summed E-state index contributed by atoms with van der Waals surface area (Å²) >= 11 is 0. The number of anilines is 1. The molecular weight excluding hydrogens is 314 g/mol. The lowest BCUT2D eigenvalue weighted by molar-refractivity contribution is -0.0631. The SMILES string of the molecule is CCNc1nc(C)c2c(c1C#N)N=CN(Cc1ccccc1)C2(C)O. The summed E-state index contributed by atoms with van der Waals surface area (Å²) in [5.74, 6) is 0.505. The van der Waals surface area contributed by atoms with Crippen LogP contribution >= 0.6 is 0 Å². The number of nitriles is 1. The summed E-state index contributed by atoms with van der Waals surface area (Å²) in [5.41, 5.74) is 1.83. The van der Waals surface area contributed by atoms with Gasteiger partial charge in [-0.2, -0.15) is 5.26 Å². The number of aromatic nitrogens is 1. The van der Waals surface area contributed by atoms with E-state index in [1.807, 2.05) is 44.2 Å². The van der Waals surface area contributed by atoms with Crippen molar-refractivity contribution in [3.05, 3.63) is 52.7 Å². The van der Waals surface area contributed by atoms with Gasteiger partial charge in [0.15, 0.2) is 5.72 Å². The van der Waals surface area contributed by atoms with Crippen LogP contribution in [0.2, 0.25) is 0 Å². The molecule has 25 heavy (non-hydrogen) atoms. The normalized spacial score (nSPS) is 18.6. The highest BCUT2D eigenvalue weighted by Gasteiger charge is 2.38. The minimum atomic E-state index is -1.31. The highest BCUT2D eigenvalue weighted by Crippen LogP contribution is 2.42. The van der Waals surface area contributed by atoms with Gasteiger partial charge in [-0.05, 0) is 26.3 Å². The third kappa shape index (κ3) is 2.94. The molecule has 0 aliphatic carbocycles. The largest absolute Gasteiger partial charge is 0.369 e. The first kappa shape index (κ1) is 16.9. The van der Waals surface area contributed by atoms with Crippen molar-refractivity contribution in [2.75, 3.05) is 11.9 Å². The summed E-state index contributed by atoms with van der Waals surface area (Å²) in [6.45, 7) is 6.64. The fourth-order valence-electron chi connectivity index (χ4n) is 3.14. The third-order valence-corrected chi connectivity index (χ3v) is 4.36. The van der Waals surface area contributed by atoms with Gasteiger partial charge in [0.25, 0.3) is 0 Å². The quantitative estimate of drug-likeness (QED) is 0.897. The summed E-state index contributed by atoms with van der Waals surface area (Å²) in [5, 5.41) is 23.9. The number of hydrogen-bond acceptors (Lipinski definition) is 6. The van der Waals surface area contributed by atoms with Gasteiger partial charge >= 0.3 is 0 Å². The average molecular weight is 335 g/mol. The lowest BCUT2D eigenvalue weighted by Gasteiger charge is -2.40. The molecule has 3 rings (SSSR count). The molecule has 1 aliphatic rings. The summed E-state index contributed by atoms with van der Waals surface area (Å²) in [4.78, 5) is 10.7. The topological polar surface area (TPSA) is 84.5 Å². The van der Waals surface area contributed by atoms with Crippen molar-refractivity contribution in [3.8, 4) is 6.07 Å². The molecule has 0 amide bonds. The van der Waals surface area contributed by atoms with Crippen LogP contribution in [0.15, 0.2) is 35.3 Å². The number of rotatable bonds is 4. The number of fused-ring (bicyclic) bond motifs is 1. The van der Waals surface area contributed by atoms with Crippen molar-refractivity contribution in [1.82, 2.24) is 9.88 Å². The first-order valence-corrected chi connectivity index (χ1v) is 8.25. The molecule has 6 heteroatoms. The number of aryl methyl sites for hydroxylation is 1. The van der Waals surface area contributed by atoms with E-state index in [9.17, 15) is 10.4 Å². The van der Waals surface area contributed by atoms with Gasteiger partial charge in [0.2, 0.25) is 0 Å². The predicted octanol–water partition coefficient (Wildman–Crippen LogP) is 3.03. The number of hydrogen-bond donors (Lipinski definition) is 2. The Labute approximate surface area is 147 Å². The number of benzene rings is 1. The first-order chi connectivity index (χ1) is 12.0. The smallest absolute Gasteiger partial charge is 0.166 e. The fourth-order valence-corrected chi connectivity index (χ4v) is 3.14. The van der Waals surface area contributed by atoms with Crippen molar-refractivity contribution in [1.29, 1.82) is 5.26 Å². The standard InChI is InChI=1S/C19H21N5O/c1-4-21-18-15(10-20)17-16(13(2)23-18)19(3,25)24(12-22-17)11-14-8-6-5-7-9-14/h5-9,12,25H,4,11H2,1-3H3,(H,21,23). The molecule has 1 unspecified atom stereocenters. The molecule has 0 spiro atoms. The van der Waals surface area contributed by atoms with Crippen LogP contribution < -0.4 is 5.32 Å². The van der Waals surface area contributed by atoms with Crippen LogP contribution in [0.3, 0.4) is 0 Å². The second kappa shape index (κ2) is 6.54. The van der Waals surface area contributed by atoms with Crippen LogP contribution in [-0.2, 0) is 12.3 Å². The Balaban J connectivity index is 2.08. The van der Waals surface area contributed by atoms with Crippen molar-refractivity contribution in [2.24, 2.45) is 4.99 Å². The second-order valence-corrected chi connectivity index (χ2v) is 6.17. The molecule has 0 saturated carbocycles. The molecule has 0 bridgehead atoms.